The van der Waals surface area contributed by atoms with Crippen LogP contribution in [0.25, 0.3) is 38.4 Å². The molecule has 7 rings (SSSR count). The van der Waals surface area contributed by atoms with E-state index in [1.165, 1.54) is 22.9 Å². The molecular formula is C33H32ClFN8O3. The Balaban J connectivity index is 1.32. The second kappa shape index (κ2) is 11.2. The van der Waals surface area contributed by atoms with Crippen molar-refractivity contribution in [1.82, 2.24) is 34.0 Å². The summed E-state index contributed by atoms with van der Waals surface area (Å²) in [5.74, 6) is 0.306. The molecule has 0 aliphatic carbocycles. The van der Waals surface area contributed by atoms with Gasteiger partial charge in [-0.1, -0.05) is 23.7 Å². The van der Waals surface area contributed by atoms with Crippen LogP contribution in [0.2, 0.25) is 5.02 Å². The number of rotatable bonds is 4. The molecule has 13 heteroatoms. The maximum Gasteiger partial charge on any atom is 0.435 e. The fourth-order valence-corrected chi connectivity index (χ4v) is 6.01. The molecule has 236 valence electrons. The third kappa shape index (κ3) is 5.37. The van der Waals surface area contributed by atoms with E-state index < -0.39 is 23.1 Å². The van der Waals surface area contributed by atoms with Crippen molar-refractivity contribution in [3.05, 3.63) is 87.8 Å². The topological polar surface area (TPSA) is 103 Å². The average molecular weight is 643 g/mol. The predicted molar refractivity (Wildman–Crippen MR) is 176 cm³/mol. The molecule has 6 aromatic rings. The molecule has 0 unspecified atom stereocenters. The molecule has 0 atom stereocenters. The average Bonchev–Trinajstić information content (AvgIpc) is 3.64. The normalized spacial score (nSPS) is 14.5. The lowest BCUT2D eigenvalue weighted by Crippen LogP contribution is -2.44. The van der Waals surface area contributed by atoms with E-state index in [1.54, 1.807) is 49.8 Å². The highest BCUT2D eigenvalue weighted by atomic mass is 35.5. The molecule has 46 heavy (non-hydrogen) atoms. The Morgan fingerprint density at radius 1 is 1.00 bits per heavy atom. The van der Waals surface area contributed by atoms with E-state index in [2.05, 4.69) is 32.0 Å². The highest BCUT2D eigenvalue weighted by Crippen LogP contribution is 2.32. The van der Waals surface area contributed by atoms with Gasteiger partial charge in [-0.25, -0.2) is 14.2 Å². The summed E-state index contributed by atoms with van der Waals surface area (Å²) in [5, 5.41) is 10.3. The highest BCUT2D eigenvalue weighted by molar-refractivity contribution is 6.31. The van der Waals surface area contributed by atoms with E-state index in [-0.39, 0.29) is 10.5 Å². The second-order valence-electron chi connectivity index (χ2n) is 12.6. The van der Waals surface area contributed by atoms with E-state index in [1.807, 2.05) is 18.3 Å². The van der Waals surface area contributed by atoms with Crippen molar-refractivity contribution >= 4 is 56.2 Å². The van der Waals surface area contributed by atoms with Gasteiger partial charge in [-0.2, -0.15) is 14.9 Å². The zero-order chi connectivity index (χ0) is 32.3. The number of carbonyl (C=O) groups excluding carboxylic acids is 1. The van der Waals surface area contributed by atoms with E-state index in [0.29, 0.717) is 39.4 Å². The smallest absolute Gasteiger partial charge is 0.435 e. The Labute approximate surface area is 268 Å². The number of likely N-dealkylation sites (N-methyl/N-ethyl adjacent to an activating group) is 1. The maximum atomic E-state index is 14.9. The monoisotopic (exact) mass is 642 g/mol. The molecule has 0 bridgehead atoms. The molecule has 5 heterocycles. The minimum absolute atomic E-state index is 0.129. The summed E-state index contributed by atoms with van der Waals surface area (Å²) >= 11 is 6.26. The van der Waals surface area contributed by atoms with Gasteiger partial charge in [0.15, 0.2) is 5.52 Å². The molecule has 0 N–H and O–H groups in total. The van der Waals surface area contributed by atoms with Gasteiger partial charge in [0.05, 0.1) is 34.5 Å². The van der Waals surface area contributed by atoms with Crippen LogP contribution in [0.5, 0.6) is 0 Å². The number of ether oxygens (including phenoxy) is 1. The molecule has 0 saturated carbocycles. The van der Waals surface area contributed by atoms with Crippen LogP contribution in [0.1, 0.15) is 26.3 Å². The number of benzene rings is 2. The van der Waals surface area contributed by atoms with E-state index >= 15 is 0 Å². The third-order valence-corrected chi connectivity index (χ3v) is 8.41. The molecule has 4 aromatic heterocycles. The summed E-state index contributed by atoms with van der Waals surface area (Å²) in [5.41, 5.74) is 1.18. The van der Waals surface area contributed by atoms with Crippen LogP contribution in [0.15, 0.2) is 65.8 Å². The quantitative estimate of drug-likeness (QED) is 0.250. The van der Waals surface area contributed by atoms with E-state index in [0.717, 1.165) is 42.2 Å². The standard InChI is InChI=1S/C33H32ClFN8O3/c1-33(2,3)46-32(45)43-27-7-5-6-26(22(27)17-37-43)42-28-15-24(34)25(35)14-21(28)23-19-41(38-30(23)31(42)44)18-20-8-9-29(36-16-20)40-12-10-39(4)11-13-40/h5-9,14-17,19H,10-13,18H2,1-4H3. The summed E-state index contributed by atoms with van der Waals surface area (Å²) in [6, 6.07) is 11.9. The van der Waals surface area contributed by atoms with Gasteiger partial charge in [-0.15, -0.1) is 0 Å². The van der Waals surface area contributed by atoms with Crippen molar-refractivity contribution in [1.29, 1.82) is 0 Å². The second-order valence-corrected chi connectivity index (χ2v) is 13.0. The third-order valence-electron chi connectivity index (χ3n) is 8.12. The van der Waals surface area contributed by atoms with Crippen molar-refractivity contribution < 1.29 is 13.9 Å². The number of nitrogens with zero attached hydrogens (tertiary/aromatic N) is 8. The summed E-state index contributed by atoms with van der Waals surface area (Å²) in [6.45, 7) is 9.48. The Morgan fingerprint density at radius 3 is 2.50 bits per heavy atom. The number of carbonyl (C=O) groups is 1. The van der Waals surface area contributed by atoms with Crippen LogP contribution in [-0.2, 0) is 11.3 Å². The van der Waals surface area contributed by atoms with Gasteiger partial charge in [0.25, 0.3) is 5.56 Å². The highest BCUT2D eigenvalue weighted by Gasteiger charge is 2.23. The first kappa shape index (κ1) is 29.9. The van der Waals surface area contributed by atoms with Gasteiger partial charge in [-0.3, -0.25) is 14.0 Å². The molecule has 1 aliphatic heterocycles. The minimum Gasteiger partial charge on any atom is -0.442 e. The van der Waals surface area contributed by atoms with Gasteiger partial charge in [0, 0.05) is 54.7 Å². The predicted octanol–water partition coefficient (Wildman–Crippen LogP) is 5.46. The van der Waals surface area contributed by atoms with Crippen molar-refractivity contribution in [2.24, 2.45) is 0 Å². The fourth-order valence-electron chi connectivity index (χ4n) is 5.85. The van der Waals surface area contributed by atoms with Gasteiger partial charge < -0.3 is 14.5 Å². The number of fused-ring (bicyclic) bond motifs is 4. The number of aromatic nitrogens is 6. The first-order chi connectivity index (χ1) is 22.0. The van der Waals surface area contributed by atoms with Crippen LogP contribution in [0, 0.1) is 5.82 Å². The summed E-state index contributed by atoms with van der Waals surface area (Å²) < 4.78 is 24.7. The molecule has 2 aromatic carbocycles. The number of piperazine rings is 1. The lowest BCUT2D eigenvalue weighted by atomic mass is 10.1. The van der Waals surface area contributed by atoms with Gasteiger partial charge in [0.2, 0.25) is 0 Å². The summed E-state index contributed by atoms with van der Waals surface area (Å²) in [4.78, 5) is 36.4. The number of hydrogen-bond donors (Lipinski definition) is 0. The Hall–Kier alpha value is -4.81. The molecule has 11 nitrogen and oxygen atoms in total. The lowest BCUT2D eigenvalue weighted by molar-refractivity contribution is 0.0522. The Kier molecular flexibility index (Phi) is 7.28. The fraction of sp³-hybridized carbons (Fsp3) is 0.303. The summed E-state index contributed by atoms with van der Waals surface area (Å²) in [6.07, 6.45) is 4.41. The first-order valence-corrected chi connectivity index (χ1v) is 15.3. The SMILES string of the molecule is CN1CCN(c2ccc(Cn3cc4c(n3)c(=O)n(-c3cccc5c3cnn5C(=O)OC(C)(C)C)c3cc(Cl)c(F)cc43)cn2)CC1. The largest absolute Gasteiger partial charge is 0.442 e. The van der Waals surface area contributed by atoms with Gasteiger partial charge in [0.1, 0.15) is 17.2 Å². The lowest BCUT2D eigenvalue weighted by Gasteiger charge is -2.33. The van der Waals surface area contributed by atoms with E-state index in [4.69, 9.17) is 16.3 Å². The molecule has 1 aliphatic rings. The van der Waals surface area contributed by atoms with E-state index in [9.17, 15) is 14.0 Å². The molecule has 1 fully saturated rings. The van der Waals surface area contributed by atoms with Crippen LogP contribution in [0.4, 0.5) is 15.0 Å². The van der Waals surface area contributed by atoms with Crippen LogP contribution < -0.4 is 10.5 Å². The number of halogens is 2. The Bertz CT molecular complexity index is 2190. The zero-order valence-corrected chi connectivity index (χ0v) is 26.6. The number of pyridine rings is 2. The van der Waals surface area contributed by atoms with Crippen LogP contribution in [0.3, 0.4) is 0 Å². The van der Waals surface area contributed by atoms with Crippen molar-refractivity contribution in [2.45, 2.75) is 32.9 Å². The molecular weight excluding hydrogens is 611 g/mol. The van der Waals surface area contributed by atoms with Crippen molar-refractivity contribution in [3.63, 3.8) is 0 Å². The maximum absolute atomic E-state index is 14.9. The molecule has 1 saturated heterocycles. The molecule has 0 radical (unpaired) electrons. The van der Waals surface area contributed by atoms with Crippen LogP contribution in [-0.4, -0.2) is 78.9 Å². The first-order valence-electron chi connectivity index (χ1n) is 15.0. The van der Waals surface area contributed by atoms with Crippen molar-refractivity contribution in [3.8, 4) is 5.69 Å². The number of hydrogen-bond acceptors (Lipinski definition) is 8. The Morgan fingerprint density at radius 2 is 1.78 bits per heavy atom. The van der Waals surface area contributed by atoms with Gasteiger partial charge >= 0.3 is 6.09 Å². The zero-order valence-electron chi connectivity index (χ0n) is 25.9. The van der Waals surface area contributed by atoms with Crippen LogP contribution >= 0.6 is 11.6 Å². The van der Waals surface area contributed by atoms with Gasteiger partial charge in [-0.05, 0) is 63.7 Å². The summed E-state index contributed by atoms with van der Waals surface area (Å²) in [7, 11) is 2.11. The number of anilines is 1. The molecule has 0 spiro atoms. The minimum atomic E-state index is -0.729. The molecule has 0 amide bonds. The van der Waals surface area contributed by atoms with Crippen molar-refractivity contribution in [2.75, 3.05) is 38.1 Å².